The van der Waals surface area contributed by atoms with E-state index in [0.29, 0.717) is 5.69 Å². The van der Waals surface area contributed by atoms with Crippen molar-refractivity contribution in [3.05, 3.63) is 82.4 Å². The number of carbonyl (C=O) groups is 2. The van der Waals surface area contributed by atoms with E-state index in [0.717, 1.165) is 15.2 Å². The number of benzene rings is 3. The molecule has 1 aromatic heterocycles. The molecule has 6 nitrogen and oxygen atoms in total. The van der Waals surface area contributed by atoms with Crippen molar-refractivity contribution in [2.45, 2.75) is 16.7 Å². The summed E-state index contributed by atoms with van der Waals surface area (Å²) < 4.78 is 27.0. The second kappa shape index (κ2) is 6.58. The number of anilines is 1. The first kappa shape index (κ1) is 18.7. The zero-order chi connectivity index (χ0) is 21.0. The number of aromatic nitrogens is 1. The van der Waals surface area contributed by atoms with Gasteiger partial charge in [0.2, 0.25) is 9.84 Å². The predicted molar refractivity (Wildman–Crippen MR) is 114 cm³/mol. The molecule has 1 aliphatic rings. The Morgan fingerprint density at radius 1 is 0.967 bits per heavy atom. The topological polar surface area (TPSA) is 93.2 Å². The van der Waals surface area contributed by atoms with Crippen LogP contribution in [0.15, 0.2) is 70.5 Å². The Balaban J connectivity index is 1.52. The lowest BCUT2D eigenvalue weighted by Crippen LogP contribution is -2.21. The molecule has 3 aromatic carbocycles. The van der Waals surface area contributed by atoms with Crippen molar-refractivity contribution < 1.29 is 18.0 Å². The Kier molecular flexibility index (Phi) is 4.09. The maximum Gasteiger partial charge on any atom is 0.255 e. The Morgan fingerprint density at radius 2 is 1.73 bits per heavy atom. The smallest absolute Gasteiger partial charge is 0.255 e. The summed E-state index contributed by atoms with van der Waals surface area (Å²) in [7, 11) is -3.90. The minimum atomic E-state index is -3.90. The number of hydrogen-bond acceptors (Lipinski definition) is 6. The summed E-state index contributed by atoms with van der Waals surface area (Å²) in [4.78, 5) is 29.7. The van der Waals surface area contributed by atoms with E-state index in [2.05, 4.69) is 10.3 Å². The number of thiazole rings is 1. The van der Waals surface area contributed by atoms with Gasteiger partial charge in [0, 0.05) is 22.4 Å². The van der Waals surface area contributed by atoms with Crippen LogP contribution >= 0.6 is 11.3 Å². The van der Waals surface area contributed by atoms with Crippen molar-refractivity contribution in [3.63, 3.8) is 0 Å². The molecule has 5 rings (SSSR count). The summed E-state index contributed by atoms with van der Waals surface area (Å²) in [5.74, 6) is -0.826. The first-order valence-corrected chi connectivity index (χ1v) is 11.4. The fraction of sp³-hybridized carbons (Fsp3) is 0.0455. The van der Waals surface area contributed by atoms with Gasteiger partial charge in [0.05, 0.1) is 25.0 Å². The zero-order valence-electron chi connectivity index (χ0n) is 15.7. The van der Waals surface area contributed by atoms with Gasteiger partial charge in [0.1, 0.15) is 0 Å². The summed E-state index contributed by atoms with van der Waals surface area (Å²) in [6.07, 6.45) is 0. The van der Waals surface area contributed by atoms with Crippen LogP contribution in [-0.2, 0) is 9.84 Å². The van der Waals surface area contributed by atoms with Gasteiger partial charge in [0.25, 0.3) is 5.91 Å². The van der Waals surface area contributed by atoms with E-state index >= 15 is 0 Å². The first-order valence-electron chi connectivity index (χ1n) is 9.06. The third kappa shape index (κ3) is 2.84. The van der Waals surface area contributed by atoms with Crippen molar-refractivity contribution in [1.82, 2.24) is 4.98 Å². The van der Waals surface area contributed by atoms with E-state index in [9.17, 15) is 18.0 Å². The molecule has 2 heterocycles. The van der Waals surface area contributed by atoms with Gasteiger partial charge in [-0.1, -0.05) is 12.1 Å². The fourth-order valence-electron chi connectivity index (χ4n) is 3.55. The molecule has 0 atom stereocenters. The van der Waals surface area contributed by atoms with Crippen molar-refractivity contribution in [2.24, 2.45) is 0 Å². The highest BCUT2D eigenvalue weighted by Crippen LogP contribution is 2.35. The van der Waals surface area contributed by atoms with Gasteiger partial charge >= 0.3 is 0 Å². The van der Waals surface area contributed by atoms with Gasteiger partial charge in [-0.25, -0.2) is 13.4 Å². The largest absolute Gasteiger partial charge is 0.322 e. The zero-order valence-corrected chi connectivity index (χ0v) is 17.3. The normalized spacial score (nSPS) is 14.2. The number of aryl methyl sites for hydroxylation is 1. The molecule has 0 saturated heterocycles. The standard InChI is InChI=1S/C22H14N2O4S2/c1-12-23-17-9-7-14(11-18(17)29-12)24-22(26)13-6-8-16-20(10-13)30(27,28)19-5-3-2-4-15(19)21(16)25/h2-11H,1H3,(H,24,26). The molecule has 30 heavy (non-hydrogen) atoms. The highest BCUT2D eigenvalue weighted by atomic mass is 32.2. The van der Waals surface area contributed by atoms with E-state index in [-0.39, 0.29) is 32.3 Å². The van der Waals surface area contributed by atoms with E-state index < -0.39 is 15.7 Å². The molecule has 0 unspecified atom stereocenters. The maximum atomic E-state index is 13.0. The predicted octanol–water partition coefficient (Wildman–Crippen LogP) is 4.23. The average Bonchev–Trinajstić information content (AvgIpc) is 3.11. The number of carbonyl (C=O) groups excluding carboxylic acids is 2. The van der Waals surface area contributed by atoms with Crippen LogP contribution in [0.4, 0.5) is 5.69 Å². The first-order chi connectivity index (χ1) is 14.3. The van der Waals surface area contributed by atoms with Crippen molar-refractivity contribution in [2.75, 3.05) is 5.32 Å². The molecule has 0 saturated carbocycles. The number of rotatable bonds is 2. The molecule has 0 spiro atoms. The molecular weight excluding hydrogens is 420 g/mol. The maximum absolute atomic E-state index is 13.0. The molecule has 0 bridgehead atoms. The van der Waals surface area contributed by atoms with E-state index in [1.807, 2.05) is 19.1 Å². The molecule has 1 aliphatic heterocycles. The minimum absolute atomic E-state index is 0.0360. The highest BCUT2D eigenvalue weighted by Gasteiger charge is 2.35. The van der Waals surface area contributed by atoms with Crippen molar-refractivity contribution in [3.8, 4) is 0 Å². The molecule has 148 valence electrons. The Bertz CT molecular complexity index is 1490. The number of ketones is 1. The van der Waals surface area contributed by atoms with Crippen LogP contribution in [-0.4, -0.2) is 25.1 Å². The monoisotopic (exact) mass is 434 g/mol. The number of fused-ring (bicyclic) bond motifs is 3. The van der Waals surface area contributed by atoms with Gasteiger partial charge in [-0.15, -0.1) is 11.3 Å². The number of sulfone groups is 1. The second-order valence-corrected chi connectivity index (χ2v) is 10.0. The lowest BCUT2D eigenvalue weighted by Gasteiger charge is -2.19. The molecule has 0 fully saturated rings. The van der Waals surface area contributed by atoms with Crippen LogP contribution in [0.3, 0.4) is 0 Å². The third-order valence-electron chi connectivity index (χ3n) is 4.95. The second-order valence-electron chi connectivity index (χ2n) is 6.91. The van der Waals surface area contributed by atoms with Gasteiger partial charge in [-0.2, -0.15) is 0 Å². The van der Waals surface area contributed by atoms with E-state index in [4.69, 9.17) is 0 Å². The van der Waals surface area contributed by atoms with Gasteiger partial charge in [-0.3, -0.25) is 9.59 Å². The van der Waals surface area contributed by atoms with Crippen LogP contribution in [0.1, 0.15) is 31.3 Å². The van der Waals surface area contributed by atoms with E-state index in [1.54, 1.807) is 18.2 Å². The van der Waals surface area contributed by atoms with Crippen LogP contribution in [0.2, 0.25) is 0 Å². The van der Waals surface area contributed by atoms with Crippen molar-refractivity contribution >= 4 is 48.8 Å². The fourth-order valence-corrected chi connectivity index (χ4v) is 6.09. The Hall–Kier alpha value is -3.36. The van der Waals surface area contributed by atoms with Crippen LogP contribution < -0.4 is 5.32 Å². The van der Waals surface area contributed by atoms with Gasteiger partial charge < -0.3 is 5.32 Å². The molecule has 1 amide bonds. The van der Waals surface area contributed by atoms with Gasteiger partial charge in [0.15, 0.2) is 5.78 Å². The molecule has 1 N–H and O–H groups in total. The van der Waals surface area contributed by atoms with Crippen LogP contribution in [0.5, 0.6) is 0 Å². The number of amides is 1. The molecule has 4 aromatic rings. The summed E-state index contributed by atoms with van der Waals surface area (Å²) in [5.41, 5.74) is 1.82. The summed E-state index contributed by atoms with van der Waals surface area (Å²) >= 11 is 1.52. The third-order valence-corrected chi connectivity index (χ3v) is 7.74. The summed E-state index contributed by atoms with van der Waals surface area (Å²) in [6.45, 7) is 1.91. The Labute approximate surface area is 176 Å². The summed E-state index contributed by atoms with van der Waals surface area (Å²) in [6, 6.07) is 15.6. The molecule has 8 heteroatoms. The van der Waals surface area contributed by atoms with Gasteiger partial charge in [-0.05, 0) is 55.5 Å². The van der Waals surface area contributed by atoms with Crippen molar-refractivity contribution in [1.29, 1.82) is 0 Å². The molecular formula is C22H14N2O4S2. The molecule has 0 radical (unpaired) electrons. The number of nitrogens with zero attached hydrogens (tertiary/aromatic N) is 1. The minimum Gasteiger partial charge on any atom is -0.322 e. The molecule has 0 aliphatic carbocycles. The average molecular weight is 434 g/mol. The highest BCUT2D eigenvalue weighted by molar-refractivity contribution is 7.91. The lowest BCUT2D eigenvalue weighted by atomic mass is 10.0. The number of nitrogens with one attached hydrogen (secondary N) is 1. The number of hydrogen-bond donors (Lipinski definition) is 1. The van der Waals surface area contributed by atoms with Crippen LogP contribution in [0, 0.1) is 6.92 Å². The quantitative estimate of drug-likeness (QED) is 0.449. The van der Waals surface area contributed by atoms with Crippen LogP contribution in [0.25, 0.3) is 10.2 Å². The Morgan fingerprint density at radius 3 is 2.57 bits per heavy atom. The lowest BCUT2D eigenvalue weighted by molar-refractivity contribution is 0.101. The van der Waals surface area contributed by atoms with E-state index in [1.165, 1.54) is 41.7 Å². The SMILES string of the molecule is Cc1nc2ccc(NC(=O)c3ccc4c(c3)S(=O)(=O)c3ccccc3C4=O)cc2s1. The summed E-state index contributed by atoms with van der Waals surface area (Å²) in [5, 5.41) is 3.71.